The van der Waals surface area contributed by atoms with Crippen molar-refractivity contribution in [2.75, 3.05) is 19.0 Å². The maximum absolute atomic E-state index is 10.6. The molecule has 72 valence electrons. The fourth-order valence-corrected chi connectivity index (χ4v) is 1.57. The Balaban J connectivity index is 3.20. The zero-order chi connectivity index (χ0) is 10.0. The van der Waals surface area contributed by atoms with Crippen LogP contribution in [0.2, 0.25) is 0 Å². The summed E-state index contributed by atoms with van der Waals surface area (Å²) in [5.41, 5.74) is 0.863. The molecule has 0 amide bonds. The number of aromatic nitrogens is 1. The van der Waals surface area contributed by atoms with E-state index in [1.165, 1.54) is 6.20 Å². The monoisotopic (exact) mass is 200 g/mol. The standard InChI is InChI=1S/C8H12N2O2S/c1-6-4-7(13(11)12)5-9-8(6)10(2)3/h4-5,13H,1-3H3. The van der Waals surface area contributed by atoms with Crippen molar-refractivity contribution in [1.82, 2.24) is 4.98 Å². The first-order valence-electron chi connectivity index (χ1n) is 3.80. The van der Waals surface area contributed by atoms with Crippen molar-refractivity contribution < 1.29 is 8.42 Å². The van der Waals surface area contributed by atoms with E-state index in [2.05, 4.69) is 4.98 Å². The van der Waals surface area contributed by atoms with Crippen LogP contribution >= 0.6 is 0 Å². The van der Waals surface area contributed by atoms with Crippen LogP contribution < -0.4 is 4.90 Å². The third kappa shape index (κ3) is 2.18. The molecule has 0 N–H and O–H groups in total. The SMILES string of the molecule is Cc1cc([SH](=O)=O)cnc1N(C)C. The van der Waals surface area contributed by atoms with Gasteiger partial charge >= 0.3 is 0 Å². The van der Waals surface area contributed by atoms with Gasteiger partial charge in [0, 0.05) is 20.3 Å². The van der Waals surface area contributed by atoms with Crippen molar-refractivity contribution in [3.05, 3.63) is 17.8 Å². The van der Waals surface area contributed by atoms with Crippen LogP contribution in [-0.2, 0) is 10.7 Å². The predicted octanol–water partition coefficient (Wildman–Crippen LogP) is 0.426. The summed E-state index contributed by atoms with van der Waals surface area (Å²) >= 11 is 0. The van der Waals surface area contributed by atoms with E-state index in [1.807, 2.05) is 25.9 Å². The lowest BCUT2D eigenvalue weighted by atomic mass is 10.3. The Bertz CT molecular complexity index is 378. The summed E-state index contributed by atoms with van der Waals surface area (Å²) in [6.07, 6.45) is 1.37. The molecule has 0 spiro atoms. The Labute approximate surface area is 79.2 Å². The van der Waals surface area contributed by atoms with Crippen LogP contribution in [0.4, 0.5) is 5.82 Å². The van der Waals surface area contributed by atoms with E-state index >= 15 is 0 Å². The topological polar surface area (TPSA) is 50.3 Å². The molecule has 0 atom stereocenters. The average Bonchev–Trinajstić information content (AvgIpc) is 2.03. The molecule has 0 aliphatic rings. The molecule has 0 aliphatic carbocycles. The quantitative estimate of drug-likeness (QED) is 0.703. The Kier molecular flexibility index (Phi) is 2.87. The molecule has 0 bridgehead atoms. The number of thiol groups is 1. The molecule has 1 heterocycles. The Morgan fingerprint density at radius 2 is 2.00 bits per heavy atom. The van der Waals surface area contributed by atoms with Gasteiger partial charge in [-0.2, -0.15) is 0 Å². The molecule has 0 fully saturated rings. The minimum absolute atomic E-state index is 0.262. The van der Waals surface area contributed by atoms with Crippen LogP contribution in [0.5, 0.6) is 0 Å². The minimum atomic E-state index is -2.52. The number of hydrogen-bond donors (Lipinski definition) is 1. The summed E-state index contributed by atoms with van der Waals surface area (Å²) in [7, 11) is 1.21. The molecule has 0 saturated carbocycles. The van der Waals surface area contributed by atoms with Crippen LogP contribution in [0.25, 0.3) is 0 Å². The first-order chi connectivity index (χ1) is 6.02. The van der Waals surface area contributed by atoms with Crippen LogP contribution in [0.15, 0.2) is 17.2 Å². The molecule has 1 aromatic heterocycles. The molecule has 0 saturated heterocycles. The molecule has 4 nitrogen and oxygen atoms in total. The average molecular weight is 200 g/mol. The maximum Gasteiger partial charge on any atom is 0.169 e. The molecule has 13 heavy (non-hydrogen) atoms. The second-order valence-electron chi connectivity index (χ2n) is 2.99. The van der Waals surface area contributed by atoms with Crippen molar-refractivity contribution in [3.63, 3.8) is 0 Å². The third-order valence-electron chi connectivity index (χ3n) is 1.67. The number of pyridine rings is 1. The molecule has 0 aromatic carbocycles. The molecular weight excluding hydrogens is 188 g/mol. The van der Waals surface area contributed by atoms with Crippen molar-refractivity contribution in [3.8, 4) is 0 Å². The number of anilines is 1. The van der Waals surface area contributed by atoms with Crippen LogP contribution in [0.1, 0.15) is 5.56 Å². The van der Waals surface area contributed by atoms with Gasteiger partial charge in [-0.15, -0.1) is 0 Å². The van der Waals surface area contributed by atoms with Crippen LogP contribution in [0.3, 0.4) is 0 Å². The van der Waals surface area contributed by atoms with Gasteiger partial charge in [-0.05, 0) is 18.6 Å². The number of aryl methyl sites for hydroxylation is 1. The van der Waals surface area contributed by atoms with Gasteiger partial charge in [0.05, 0.1) is 4.90 Å². The van der Waals surface area contributed by atoms with Crippen molar-refractivity contribution >= 4 is 16.5 Å². The lowest BCUT2D eigenvalue weighted by Gasteiger charge is -2.13. The van der Waals surface area contributed by atoms with Gasteiger partial charge in [-0.1, -0.05) is 0 Å². The van der Waals surface area contributed by atoms with E-state index in [4.69, 9.17) is 0 Å². The lowest BCUT2D eigenvalue weighted by Crippen LogP contribution is -2.12. The highest BCUT2D eigenvalue weighted by atomic mass is 32.2. The highest BCUT2D eigenvalue weighted by molar-refractivity contribution is 7.72. The molecule has 0 radical (unpaired) electrons. The van der Waals surface area contributed by atoms with Gasteiger partial charge in [0.25, 0.3) is 0 Å². The van der Waals surface area contributed by atoms with Gasteiger partial charge in [0.1, 0.15) is 5.82 Å². The molecule has 0 unspecified atom stereocenters. The smallest absolute Gasteiger partial charge is 0.169 e. The van der Waals surface area contributed by atoms with Crippen molar-refractivity contribution in [2.24, 2.45) is 0 Å². The molecule has 0 aliphatic heterocycles. The lowest BCUT2D eigenvalue weighted by molar-refractivity contribution is 0.614. The largest absolute Gasteiger partial charge is 0.363 e. The predicted molar refractivity (Wildman–Crippen MR) is 51.9 cm³/mol. The summed E-state index contributed by atoms with van der Waals surface area (Å²) in [5, 5.41) is 0. The zero-order valence-electron chi connectivity index (χ0n) is 7.81. The highest BCUT2D eigenvalue weighted by Gasteiger charge is 2.04. The van der Waals surface area contributed by atoms with Gasteiger partial charge in [0.2, 0.25) is 0 Å². The summed E-state index contributed by atoms with van der Waals surface area (Å²) in [6.45, 7) is 1.84. The fourth-order valence-electron chi connectivity index (χ4n) is 1.12. The number of rotatable bonds is 2. The zero-order valence-corrected chi connectivity index (χ0v) is 8.71. The van der Waals surface area contributed by atoms with Gasteiger partial charge in [-0.25, -0.2) is 13.4 Å². The summed E-state index contributed by atoms with van der Waals surface area (Å²) in [4.78, 5) is 6.15. The summed E-state index contributed by atoms with van der Waals surface area (Å²) in [5.74, 6) is 0.792. The third-order valence-corrected chi connectivity index (χ3v) is 2.34. The van der Waals surface area contributed by atoms with Crippen molar-refractivity contribution in [2.45, 2.75) is 11.8 Å². The van der Waals surface area contributed by atoms with Gasteiger partial charge in [0.15, 0.2) is 10.7 Å². The van der Waals surface area contributed by atoms with Gasteiger partial charge in [-0.3, -0.25) is 0 Å². The first kappa shape index (κ1) is 9.98. The van der Waals surface area contributed by atoms with Crippen LogP contribution in [-0.4, -0.2) is 27.5 Å². The van der Waals surface area contributed by atoms with E-state index in [0.717, 1.165) is 11.4 Å². The van der Waals surface area contributed by atoms with E-state index < -0.39 is 10.7 Å². The highest BCUT2D eigenvalue weighted by Crippen LogP contribution is 2.15. The summed E-state index contributed by atoms with van der Waals surface area (Å²) in [6, 6.07) is 1.62. The molecule has 1 aromatic rings. The Hall–Kier alpha value is -1.10. The van der Waals surface area contributed by atoms with E-state index in [-0.39, 0.29) is 4.90 Å². The number of nitrogens with zero attached hydrogens (tertiary/aromatic N) is 2. The molecule has 1 rings (SSSR count). The Morgan fingerprint density at radius 1 is 1.38 bits per heavy atom. The van der Waals surface area contributed by atoms with E-state index in [9.17, 15) is 8.42 Å². The normalized spacial score (nSPS) is 10.5. The molecular formula is C8H12N2O2S. The maximum atomic E-state index is 10.6. The first-order valence-corrected chi connectivity index (χ1v) is 4.98. The van der Waals surface area contributed by atoms with Crippen LogP contribution in [0, 0.1) is 6.92 Å². The fraction of sp³-hybridized carbons (Fsp3) is 0.375. The Morgan fingerprint density at radius 3 is 2.38 bits per heavy atom. The van der Waals surface area contributed by atoms with Crippen molar-refractivity contribution in [1.29, 1.82) is 0 Å². The second kappa shape index (κ2) is 3.74. The second-order valence-corrected chi connectivity index (χ2v) is 4.02. The minimum Gasteiger partial charge on any atom is -0.363 e. The van der Waals surface area contributed by atoms with Gasteiger partial charge < -0.3 is 4.90 Å². The summed E-state index contributed by atoms with van der Waals surface area (Å²) < 4.78 is 21.2. The number of hydrogen-bond acceptors (Lipinski definition) is 4. The van der Waals surface area contributed by atoms with E-state index in [1.54, 1.807) is 6.07 Å². The molecule has 5 heteroatoms. The van der Waals surface area contributed by atoms with E-state index in [0.29, 0.717) is 0 Å².